The van der Waals surface area contributed by atoms with Crippen LogP contribution in [0.1, 0.15) is 43.5 Å². The average Bonchev–Trinajstić information content (AvgIpc) is 2.47. The van der Waals surface area contributed by atoms with Gasteiger partial charge >= 0.3 is 0 Å². The minimum absolute atomic E-state index is 0.0443. The third-order valence-electron chi connectivity index (χ3n) is 3.60. The second kappa shape index (κ2) is 7.05. The molecule has 0 heterocycles. The summed E-state index contributed by atoms with van der Waals surface area (Å²) in [4.78, 5) is 0. The van der Waals surface area contributed by atoms with Gasteiger partial charge in [0.1, 0.15) is 11.6 Å². The summed E-state index contributed by atoms with van der Waals surface area (Å²) < 4.78 is 14.8. The molecule has 0 amide bonds. The molecule has 4 heteroatoms. The zero-order chi connectivity index (χ0) is 15.4. The number of hydrogen-bond acceptors (Lipinski definition) is 2. The SMILES string of the molecule is CCC(NC(C)c1ccccc1F)c1cc(Br)ccc1O. The number of phenolic OH excluding ortho intramolecular Hbond substituents is 1. The summed E-state index contributed by atoms with van der Waals surface area (Å²) in [6.45, 7) is 3.96. The van der Waals surface area contributed by atoms with Crippen LogP contribution in [-0.2, 0) is 0 Å². The van der Waals surface area contributed by atoms with Crippen LogP contribution >= 0.6 is 15.9 Å². The quantitative estimate of drug-likeness (QED) is 0.785. The molecule has 0 bridgehead atoms. The largest absolute Gasteiger partial charge is 0.508 e. The molecule has 0 saturated carbocycles. The molecule has 0 aliphatic carbocycles. The number of halogens is 2. The van der Waals surface area contributed by atoms with Gasteiger partial charge in [0.05, 0.1) is 0 Å². The Morgan fingerprint density at radius 2 is 1.90 bits per heavy atom. The van der Waals surface area contributed by atoms with Gasteiger partial charge in [0.15, 0.2) is 0 Å². The predicted molar refractivity (Wildman–Crippen MR) is 86.8 cm³/mol. The van der Waals surface area contributed by atoms with Gasteiger partial charge in [-0.3, -0.25) is 0 Å². The molecule has 2 aromatic rings. The van der Waals surface area contributed by atoms with E-state index in [2.05, 4.69) is 21.2 Å². The predicted octanol–water partition coefficient (Wildman–Crippen LogP) is 5.10. The van der Waals surface area contributed by atoms with E-state index in [9.17, 15) is 9.50 Å². The van der Waals surface area contributed by atoms with Crippen molar-refractivity contribution < 1.29 is 9.50 Å². The molecule has 0 radical (unpaired) electrons. The van der Waals surface area contributed by atoms with E-state index < -0.39 is 0 Å². The number of rotatable bonds is 5. The van der Waals surface area contributed by atoms with Crippen LogP contribution in [0, 0.1) is 5.82 Å². The Morgan fingerprint density at radius 1 is 1.19 bits per heavy atom. The van der Waals surface area contributed by atoms with Gasteiger partial charge in [0.2, 0.25) is 0 Å². The highest BCUT2D eigenvalue weighted by Gasteiger charge is 2.18. The minimum atomic E-state index is -0.217. The van der Waals surface area contributed by atoms with E-state index in [1.807, 2.05) is 26.0 Å². The van der Waals surface area contributed by atoms with E-state index in [1.165, 1.54) is 6.07 Å². The van der Waals surface area contributed by atoms with Gasteiger partial charge in [-0.1, -0.05) is 41.1 Å². The highest BCUT2D eigenvalue weighted by molar-refractivity contribution is 9.10. The fourth-order valence-electron chi connectivity index (χ4n) is 2.45. The van der Waals surface area contributed by atoms with Crippen molar-refractivity contribution in [2.24, 2.45) is 0 Å². The molecule has 0 fully saturated rings. The van der Waals surface area contributed by atoms with Gasteiger partial charge in [0, 0.05) is 27.7 Å². The van der Waals surface area contributed by atoms with Crippen molar-refractivity contribution in [1.29, 1.82) is 0 Å². The Morgan fingerprint density at radius 3 is 2.57 bits per heavy atom. The lowest BCUT2D eigenvalue weighted by atomic mass is 10.0. The number of hydrogen-bond donors (Lipinski definition) is 2. The third-order valence-corrected chi connectivity index (χ3v) is 4.09. The molecule has 2 atom stereocenters. The summed E-state index contributed by atoms with van der Waals surface area (Å²) in [5, 5.41) is 13.4. The molecule has 0 aliphatic heterocycles. The van der Waals surface area contributed by atoms with E-state index >= 15 is 0 Å². The molecule has 0 saturated heterocycles. The summed E-state index contributed by atoms with van der Waals surface area (Å²) in [7, 11) is 0. The molecule has 112 valence electrons. The van der Waals surface area contributed by atoms with Crippen LogP contribution in [0.15, 0.2) is 46.9 Å². The Labute approximate surface area is 133 Å². The molecule has 2 rings (SSSR count). The van der Waals surface area contributed by atoms with Crippen molar-refractivity contribution in [3.8, 4) is 5.75 Å². The Kier molecular flexibility index (Phi) is 5.37. The summed E-state index contributed by atoms with van der Waals surface area (Å²) in [5.74, 6) is 0.0316. The topological polar surface area (TPSA) is 32.3 Å². The van der Waals surface area contributed by atoms with Crippen molar-refractivity contribution in [2.45, 2.75) is 32.4 Å². The average molecular weight is 352 g/mol. The molecule has 2 N–H and O–H groups in total. The van der Waals surface area contributed by atoms with Gasteiger partial charge < -0.3 is 10.4 Å². The number of aromatic hydroxyl groups is 1. The number of nitrogens with one attached hydrogen (secondary N) is 1. The molecule has 21 heavy (non-hydrogen) atoms. The summed E-state index contributed by atoms with van der Waals surface area (Å²) in [6, 6.07) is 11.9. The first-order valence-electron chi connectivity index (χ1n) is 7.01. The van der Waals surface area contributed by atoms with Gasteiger partial charge in [-0.15, -0.1) is 0 Å². The molecular formula is C17H19BrFNO. The van der Waals surface area contributed by atoms with Crippen LogP contribution in [0.25, 0.3) is 0 Å². The van der Waals surface area contributed by atoms with Crippen molar-refractivity contribution in [3.63, 3.8) is 0 Å². The Hall–Kier alpha value is -1.39. The summed E-state index contributed by atoms with van der Waals surface area (Å²) in [6.07, 6.45) is 0.794. The second-order valence-corrected chi connectivity index (χ2v) is 5.99. The summed E-state index contributed by atoms with van der Waals surface area (Å²) >= 11 is 3.42. The first-order chi connectivity index (χ1) is 10.0. The van der Waals surface area contributed by atoms with Crippen molar-refractivity contribution in [1.82, 2.24) is 5.32 Å². The van der Waals surface area contributed by atoms with Gasteiger partial charge in [-0.25, -0.2) is 4.39 Å². The van der Waals surface area contributed by atoms with Crippen molar-refractivity contribution >= 4 is 15.9 Å². The van der Waals surface area contributed by atoms with Crippen LogP contribution in [0.3, 0.4) is 0 Å². The van der Waals surface area contributed by atoms with Crippen LogP contribution in [-0.4, -0.2) is 5.11 Å². The lowest BCUT2D eigenvalue weighted by Gasteiger charge is -2.24. The first-order valence-corrected chi connectivity index (χ1v) is 7.81. The highest BCUT2D eigenvalue weighted by atomic mass is 79.9. The van der Waals surface area contributed by atoms with E-state index in [4.69, 9.17) is 0 Å². The maximum atomic E-state index is 13.8. The lowest BCUT2D eigenvalue weighted by molar-refractivity contribution is 0.413. The minimum Gasteiger partial charge on any atom is -0.508 e. The zero-order valence-corrected chi connectivity index (χ0v) is 13.7. The smallest absolute Gasteiger partial charge is 0.127 e. The number of phenols is 1. The summed E-state index contributed by atoms with van der Waals surface area (Å²) in [5.41, 5.74) is 1.44. The monoisotopic (exact) mass is 351 g/mol. The molecule has 2 nitrogen and oxygen atoms in total. The normalized spacial score (nSPS) is 13.9. The maximum Gasteiger partial charge on any atom is 0.127 e. The van der Waals surface area contributed by atoms with Crippen molar-refractivity contribution in [3.05, 3.63) is 63.9 Å². The Balaban J connectivity index is 2.23. The van der Waals surface area contributed by atoms with Crippen molar-refractivity contribution in [2.75, 3.05) is 0 Å². The van der Waals surface area contributed by atoms with E-state index in [0.29, 0.717) is 5.56 Å². The van der Waals surface area contributed by atoms with Crippen LogP contribution in [0.4, 0.5) is 4.39 Å². The Bertz CT molecular complexity index is 617. The van der Waals surface area contributed by atoms with E-state index in [-0.39, 0.29) is 23.7 Å². The molecule has 0 aliphatic rings. The number of benzene rings is 2. The standard InChI is InChI=1S/C17H19BrFNO/c1-3-16(14-10-12(18)8-9-17(14)21)20-11(2)13-6-4-5-7-15(13)19/h4-11,16,20-21H,3H2,1-2H3. The van der Waals surface area contributed by atoms with E-state index in [0.717, 1.165) is 16.5 Å². The van der Waals surface area contributed by atoms with Gasteiger partial charge in [0.25, 0.3) is 0 Å². The maximum absolute atomic E-state index is 13.8. The third kappa shape index (κ3) is 3.83. The molecule has 2 unspecified atom stereocenters. The second-order valence-electron chi connectivity index (χ2n) is 5.07. The van der Waals surface area contributed by atoms with Crippen LogP contribution < -0.4 is 5.32 Å². The van der Waals surface area contributed by atoms with Crippen LogP contribution in [0.5, 0.6) is 5.75 Å². The highest BCUT2D eigenvalue weighted by Crippen LogP contribution is 2.31. The first kappa shape index (κ1) is 16.0. The zero-order valence-electron chi connectivity index (χ0n) is 12.1. The molecular weight excluding hydrogens is 333 g/mol. The molecule has 0 aromatic heterocycles. The van der Waals surface area contributed by atoms with E-state index in [1.54, 1.807) is 24.3 Å². The molecule has 0 spiro atoms. The van der Waals surface area contributed by atoms with Crippen LogP contribution in [0.2, 0.25) is 0 Å². The van der Waals surface area contributed by atoms with Gasteiger partial charge in [-0.05, 0) is 37.6 Å². The fourth-order valence-corrected chi connectivity index (χ4v) is 2.83. The fraction of sp³-hybridized carbons (Fsp3) is 0.294. The lowest BCUT2D eigenvalue weighted by Crippen LogP contribution is -2.25. The van der Waals surface area contributed by atoms with Gasteiger partial charge in [-0.2, -0.15) is 0 Å². The molecule has 2 aromatic carbocycles.